The van der Waals surface area contributed by atoms with Crippen molar-refractivity contribution in [3.63, 3.8) is 0 Å². The third-order valence-electron chi connectivity index (χ3n) is 4.36. The lowest BCUT2D eigenvalue weighted by atomic mass is 9.83. The number of rotatable bonds is 5. The summed E-state index contributed by atoms with van der Waals surface area (Å²) in [6.07, 6.45) is 4.03. The van der Waals surface area contributed by atoms with E-state index in [4.69, 9.17) is 0 Å². The summed E-state index contributed by atoms with van der Waals surface area (Å²) in [7, 11) is 0. The molecule has 0 aliphatic heterocycles. The Morgan fingerprint density at radius 1 is 1.32 bits per heavy atom. The number of aromatic nitrogens is 2. The van der Waals surface area contributed by atoms with E-state index in [9.17, 15) is 10.2 Å². The monoisotopic (exact) mass is 301 g/mol. The van der Waals surface area contributed by atoms with E-state index in [2.05, 4.69) is 10.4 Å². The number of benzene rings is 1. The highest BCUT2D eigenvalue weighted by molar-refractivity contribution is 5.26. The van der Waals surface area contributed by atoms with Gasteiger partial charge in [-0.15, -0.1) is 0 Å². The normalized spacial score (nSPS) is 25.0. The van der Waals surface area contributed by atoms with Gasteiger partial charge in [-0.3, -0.25) is 4.68 Å². The maximum Gasteiger partial charge on any atom is 0.0932 e. The number of nitrogens with one attached hydrogen (secondary N) is 1. The Morgan fingerprint density at radius 3 is 2.59 bits per heavy atom. The molecule has 1 fully saturated rings. The van der Waals surface area contributed by atoms with Gasteiger partial charge in [-0.2, -0.15) is 5.10 Å². The van der Waals surface area contributed by atoms with Gasteiger partial charge < -0.3 is 15.5 Å². The average Bonchev–Trinajstić information content (AvgIpc) is 2.96. The lowest BCUT2D eigenvalue weighted by Crippen LogP contribution is -2.54. The Bertz CT molecular complexity index is 602. The van der Waals surface area contributed by atoms with Gasteiger partial charge in [0.1, 0.15) is 0 Å². The van der Waals surface area contributed by atoms with Gasteiger partial charge in [0.25, 0.3) is 0 Å². The van der Waals surface area contributed by atoms with E-state index in [0.29, 0.717) is 0 Å². The molecule has 0 radical (unpaired) electrons. The van der Waals surface area contributed by atoms with Crippen LogP contribution in [0.25, 0.3) is 0 Å². The topological polar surface area (TPSA) is 70.3 Å². The highest BCUT2D eigenvalue weighted by atomic mass is 16.3. The first-order chi connectivity index (χ1) is 10.4. The summed E-state index contributed by atoms with van der Waals surface area (Å²) in [4.78, 5) is 0. The summed E-state index contributed by atoms with van der Waals surface area (Å²) in [5.41, 5.74) is 1.26. The van der Waals surface area contributed by atoms with Crippen LogP contribution in [-0.2, 0) is 12.1 Å². The fraction of sp³-hybridized carbons (Fsp3) is 0.471. The molecule has 1 heterocycles. The molecule has 2 aromatic rings. The predicted molar refractivity (Wildman–Crippen MR) is 84.2 cm³/mol. The minimum atomic E-state index is -0.810. The van der Waals surface area contributed by atoms with Crippen LogP contribution in [0.3, 0.4) is 0 Å². The zero-order valence-corrected chi connectivity index (χ0v) is 13.0. The number of hydrogen-bond acceptors (Lipinski definition) is 4. The Balaban J connectivity index is 1.59. The molecule has 0 unspecified atom stereocenters. The van der Waals surface area contributed by atoms with Gasteiger partial charge in [0.05, 0.1) is 17.7 Å². The molecule has 0 saturated heterocycles. The number of nitrogens with zero attached hydrogens (tertiary/aromatic N) is 2. The fourth-order valence-corrected chi connectivity index (χ4v) is 2.91. The van der Waals surface area contributed by atoms with Gasteiger partial charge >= 0.3 is 0 Å². The molecule has 1 saturated carbocycles. The van der Waals surface area contributed by atoms with Gasteiger partial charge in [0.2, 0.25) is 0 Å². The van der Waals surface area contributed by atoms with Gasteiger partial charge in [0.15, 0.2) is 0 Å². The van der Waals surface area contributed by atoms with E-state index >= 15 is 0 Å². The van der Waals surface area contributed by atoms with Crippen molar-refractivity contribution in [1.29, 1.82) is 0 Å². The molecule has 1 aromatic heterocycles. The molecule has 5 nitrogen and oxygen atoms in total. The quantitative estimate of drug-likeness (QED) is 0.784. The zero-order valence-electron chi connectivity index (χ0n) is 13.0. The summed E-state index contributed by atoms with van der Waals surface area (Å²) in [5.74, 6) is 0. The van der Waals surface area contributed by atoms with E-state index in [1.807, 2.05) is 41.2 Å². The molecule has 1 aromatic carbocycles. The lowest BCUT2D eigenvalue weighted by Gasteiger charge is -2.42. The van der Waals surface area contributed by atoms with Gasteiger partial charge in [0, 0.05) is 25.0 Å². The molecule has 1 aliphatic carbocycles. The first kappa shape index (κ1) is 15.2. The molecule has 3 N–H and O–H groups in total. The molecule has 118 valence electrons. The summed E-state index contributed by atoms with van der Waals surface area (Å²) in [6.45, 7) is 4.30. The minimum absolute atomic E-state index is 0.00523. The van der Waals surface area contributed by atoms with Gasteiger partial charge in [-0.25, -0.2) is 0 Å². The molecule has 0 bridgehead atoms. The molecule has 0 amide bonds. The Labute approximate surface area is 130 Å². The molecule has 3 rings (SSSR count). The van der Waals surface area contributed by atoms with Crippen molar-refractivity contribution < 1.29 is 10.2 Å². The van der Waals surface area contributed by atoms with E-state index in [1.165, 1.54) is 0 Å². The largest absolute Gasteiger partial charge is 0.391 e. The highest BCUT2D eigenvalue weighted by Gasteiger charge is 2.41. The lowest BCUT2D eigenvalue weighted by molar-refractivity contribution is -0.00822. The molecule has 1 aliphatic rings. The average molecular weight is 301 g/mol. The minimum Gasteiger partial charge on any atom is -0.391 e. The van der Waals surface area contributed by atoms with Crippen LogP contribution in [0.2, 0.25) is 0 Å². The first-order valence-electron chi connectivity index (χ1n) is 7.67. The van der Waals surface area contributed by atoms with Crippen molar-refractivity contribution >= 4 is 0 Å². The first-order valence-corrected chi connectivity index (χ1v) is 7.67. The van der Waals surface area contributed by atoms with Crippen LogP contribution in [0, 0.1) is 0 Å². The van der Waals surface area contributed by atoms with Crippen LogP contribution >= 0.6 is 0 Å². The van der Waals surface area contributed by atoms with Crippen LogP contribution in [0.5, 0.6) is 0 Å². The molecular weight excluding hydrogens is 278 g/mol. The summed E-state index contributed by atoms with van der Waals surface area (Å²) < 4.78 is 1.82. The summed E-state index contributed by atoms with van der Waals surface area (Å²) >= 11 is 0. The maximum atomic E-state index is 9.96. The van der Waals surface area contributed by atoms with Crippen molar-refractivity contribution in [1.82, 2.24) is 15.1 Å². The van der Waals surface area contributed by atoms with Crippen LogP contribution in [0.15, 0.2) is 42.7 Å². The third-order valence-corrected chi connectivity index (χ3v) is 4.36. The molecule has 5 heteroatoms. The fourth-order valence-electron chi connectivity index (χ4n) is 2.91. The van der Waals surface area contributed by atoms with Crippen LogP contribution < -0.4 is 5.32 Å². The van der Waals surface area contributed by atoms with Gasteiger partial charge in [-0.05, 0) is 37.5 Å². The highest BCUT2D eigenvalue weighted by Crippen LogP contribution is 2.32. The van der Waals surface area contributed by atoms with E-state index in [0.717, 1.165) is 24.1 Å². The van der Waals surface area contributed by atoms with E-state index in [-0.39, 0.29) is 18.2 Å². The van der Waals surface area contributed by atoms with Crippen molar-refractivity contribution in [2.24, 2.45) is 0 Å². The number of hydrogen-bond donors (Lipinski definition) is 3. The summed E-state index contributed by atoms with van der Waals surface area (Å²) in [6, 6.07) is 10.1. The second kappa shape index (κ2) is 5.83. The molecule has 3 atom stereocenters. The van der Waals surface area contributed by atoms with E-state index in [1.54, 1.807) is 20.0 Å². The van der Waals surface area contributed by atoms with Crippen LogP contribution in [-0.4, -0.2) is 32.1 Å². The zero-order chi connectivity index (χ0) is 15.7. The predicted octanol–water partition coefficient (Wildman–Crippen LogP) is 1.57. The molecular formula is C17H23N3O2. The van der Waals surface area contributed by atoms with Crippen molar-refractivity contribution in [3.05, 3.63) is 53.9 Å². The third kappa shape index (κ3) is 3.06. The Kier molecular flexibility index (Phi) is 4.04. The number of aliphatic hydroxyl groups is 2. The molecule has 0 spiro atoms. The SMILES string of the molecule is CC(C)(O)c1ccc(CN[C@H]2C[C@@H](O)[C@@H]2n2cccn2)cc1. The smallest absolute Gasteiger partial charge is 0.0932 e. The maximum absolute atomic E-state index is 9.96. The standard InChI is InChI=1S/C17H23N3O2/c1-17(2,22)13-6-4-12(5-7-13)11-18-14-10-15(21)16(14)20-9-3-8-19-20/h3-9,14-16,18,21-22H,10-11H2,1-2H3/t14-,15+,16+/m0/s1. The second-order valence-corrected chi connectivity index (χ2v) is 6.52. The van der Waals surface area contributed by atoms with E-state index < -0.39 is 5.60 Å². The Morgan fingerprint density at radius 2 is 2.05 bits per heavy atom. The van der Waals surface area contributed by atoms with Crippen LogP contribution in [0.4, 0.5) is 0 Å². The van der Waals surface area contributed by atoms with Gasteiger partial charge in [-0.1, -0.05) is 24.3 Å². The van der Waals surface area contributed by atoms with Crippen molar-refractivity contribution in [2.45, 2.75) is 50.6 Å². The summed E-state index contributed by atoms with van der Waals surface area (Å²) in [5, 5.41) is 27.6. The van der Waals surface area contributed by atoms with Crippen molar-refractivity contribution in [3.8, 4) is 0 Å². The number of aliphatic hydroxyl groups excluding tert-OH is 1. The van der Waals surface area contributed by atoms with Crippen LogP contribution in [0.1, 0.15) is 37.4 Å². The molecule has 22 heavy (non-hydrogen) atoms. The van der Waals surface area contributed by atoms with Crippen molar-refractivity contribution in [2.75, 3.05) is 0 Å². The Hall–Kier alpha value is -1.69. The second-order valence-electron chi connectivity index (χ2n) is 6.52.